The van der Waals surface area contributed by atoms with Crippen LogP contribution in [0.5, 0.6) is 0 Å². The molecule has 2 fully saturated rings. The van der Waals surface area contributed by atoms with Gasteiger partial charge in [0, 0.05) is 19.1 Å². The Hall–Kier alpha value is -1.26. The van der Waals surface area contributed by atoms with Crippen LogP contribution in [-0.4, -0.2) is 48.7 Å². The number of fused-ring (bicyclic) bond motifs is 1. The standard InChI is InChI=1S/C16H21ClN2O2/c1-18-8-3-4-11-10-19(9-7-14(11)18)15-12(16(20)21)5-2-6-13(15)17/h2,5-6,11,14H,3-4,7-10H2,1H3,(H,20,21). The fourth-order valence-corrected chi connectivity index (χ4v) is 4.16. The molecule has 0 radical (unpaired) electrons. The number of nitrogens with zero attached hydrogens (tertiary/aromatic N) is 2. The molecule has 0 aliphatic carbocycles. The van der Waals surface area contributed by atoms with E-state index in [-0.39, 0.29) is 0 Å². The molecule has 3 rings (SSSR count). The molecule has 2 atom stereocenters. The van der Waals surface area contributed by atoms with Crippen LogP contribution < -0.4 is 4.90 Å². The van der Waals surface area contributed by atoms with Gasteiger partial charge in [0.25, 0.3) is 0 Å². The third kappa shape index (κ3) is 2.74. The minimum atomic E-state index is -0.907. The second kappa shape index (κ2) is 5.85. The molecule has 2 saturated heterocycles. The van der Waals surface area contributed by atoms with E-state index < -0.39 is 5.97 Å². The second-order valence-electron chi connectivity index (χ2n) is 6.13. The van der Waals surface area contributed by atoms with E-state index in [0.717, 1.165) is 19.5 Å². The van der Waals surface area contributed by atoms with Crippen molar-refractivity contribution >= 4 is 23.3 Å². The number of rotatable bonds is 2. The minimum Gasteiger partial charge on any atom is -0.478 e. The van der Waals surface area contributed by atoms with Gasteiger partial charge in [-0.05, 0) is 50.9 Å². The Morgan fingerprint density at radius 1 is 1.33 bits per heavy atom. The van der Waals surface area contributed by atoms with Gasteiger partial charge in [0.2, 0.25) is 0 Å². The molecule has 0 spiro atoms. The molecular formula is C16H21ClN2O2. The number of halogens is 1. The van der Waals surface area contributed by atoms with Crippen molar-refractivity contribution in [1.82, 2.24) is 4.90 Å². The zero-order valence-electron chi connectivity index (χ0n) is 12.3. The van der Waals surface area contributed by atoms with Crippen molar-refractivity contribution in [1.29, 1.82) is 0 Å². The van der Waals surface area contributed by atoms with Gasteiger partial charge in [-0.2, -0.15) is 0 Å². The average Bonchev–Trinajstić information content (AvgIpc) is 2.46. The molecule has 2 heterocycles. The molecule has 1 aromatic carbocycles. The fraction of sp³-hybridized carbons (Fsp3) is 0.562. The molecule has 2 aliphatic heterocycles. The number of carboxylic acid groups (broad SMARTS) is 1. The van der Waals surface area contributed by atoms with E-state index in [0.29, 0.717) is 28.2 Å². The molecule has 0 bridgehead atoms. The fourth-order valence-electron chi connectivity index (χ4n) is 3.86. The molecule has 114 valence electrons. The first-order chi connectivity index (χ1) is 10.1. The third-order valence-corrected chi connectivity index (χ3v) is 5.18. The topological polar surface area (TPSA) is 43.8 Å². The number of hydrogen-bond donors (Lipinski definition) is 1. The Kier molecular flexibility index (Phi) is 4.09. The number of likely N-dealkylation sites (tertiary alicyclic amines) is 1. The van der Waals surface area contributed by atoms with Crippen molar-refractivity contribution in [3.8, 4) is 0 Å². The Labute approximate surface area is 130 Å². The number of piperidine rings is 2. The normalized spacial score (nSPS) is 26.5. The highest BCUT2D eigenvalue weighted by Gasteiger charge is 2.35. The maximum atomic E-state index is 11.5. The van der Waals surface area contributed by atoms with E-state index in [2.05, 4.69) is 16.8 Å². The Morgan fingerprint density at radius 3 is 2.90 bits per heavy atom. The van der Waals surface area contributed by atoms with E-state index in [9.17, 15) is 9.90 Å². The van der Waals surface area contributed by atoms with Crippen LogP contribution in [0.1, 0.15) is 29.6 Å². The molecule has 0 amide bonds. The van der Waals surface area contributed by atoms with E-state index in [1.54, 1.807) is 18.2 Å². The number of anilines is 1. The maximum Gasteiger partial charge on any atom is 0.337 e. The van der Waals surface area contributed by atoms with Crippen LogP contribution in [0.3, 0.4) is 0 Å². The number of carbonyl (C=O) groups is 1. The van der Waals surface area contributed by atoms with Gasteiger partial charge in [-0.15, -0.1) is 0 Å². The first-order valence-corrected chi connectivity index (χ1v) is 7.92. The van der Waals surface area contributed by atoms with Gasteiger partial charge in [0.15, 0.2) is 0 Å². The van der Waals surface area contributed by atoms with Crippen molar-refractivity contribution in [3.05, 3.63) is 28.8 Å². The predicted molar refractivity (Wildman–Crippen MR) is 84.4 cm³/mol. The molecular weight excluding hydrogens is 288 g/mol. The highest BCUT2D eigenvalue weighted by Crippen LogP contribution is 2.36. The van der Waals surface area contributed by atoms with Crippen molar-refractivity contribution in [2.24, 2.45) is 5.92 Å². The highest BCUT2D eigenvalue weighted by atomic mass is 35.5. The maximum absolute atomic E-state index is 11.5. The Balaban J connectivity index is 1.87. The summed E-state index contributed by atoms with van der Waals surface area (Å²) in [5.41, 5.74) is 1.00. The molecule has 1 aromatic rings. The van der Waals surface area contributed by atoms with Gasteiger partial charge >= 0.3 is 5.97 Å². The molecule has 2 unspecified atom stereocenters. The summed E-state index contributed by atoms with van der Waals surface area (Å²) in [5, 5.41) is 9.94. The van der Waals surface area contributed by atoms with E-state index in [1.807, 2.05) is 0 Å². The van der Waals surface area contributed by atoms with Crippen molar-refractivity contribution in [3.63, 3.8) is 0 Å². The van der Waals surface area contributed by atoms with Gasteiger partial charge in [0.1, 0.15) is 0 Å². The Bertz CT molecular complexity index is 549. The first-order valence-electron chi connectivity index (χ1n) is 7.55. The van der Waals surface area contributed by atoms with Crippen LogP contribution in [0.15, 0.2) is 18.2 Å². The number of carboxylic acids is 1. The predicted octanol–water partition coefficient (Wildman–Crippen LogP) is 2.96. The first kappa shape index (κ1) is 14.7. The third-order valence-electron chi connectivity index (χ3n) is 4.88. The van der Waals surface area contributed by atoms with E-state index in [4.69, 9.17) is 11.6 Å². The van der Waals surface area contributed by atoms with Crippen molar-refractivity contribution < 1.29 is 9.90 Å². The molecule has 0 saturated carbocycles. The zero-order valence-corrected chi connectivity index (χ0v) is 13.0. The molecule has 5 heteroatoms. The molecule has 0 aromatic heterocycles. The summed E-state index contributed by atoms with van der Waals surface area (Å²) in [7, 11) is 2.20. The average molecular weight is 309 g/mol. The SMILES string of the molecule is CN1CCCC2CN(c3c(Cl)cccc3C(=O)O)CCC21. The van der Waals surface area contributed by atoms with Crippen LogP contribution in [0.2, 0.25) is 5.02 Å². The largest absolute Gasteiger partial charge is 0.478 e. The van der Waals surface area contributed by atoms with Gasteiger partial charge in [0.05, 0.1) is 16.3 Å². The van der Waals surface area contributed by atoms with Crippen LogP contribution in [0.4, 0.5) is 5.69 Å². The van der Waals surface area contributed by atoms with Gasteiger partial charge in [-0.3, -0.25) is 0 Å². The number of hydrogen-bond acceptors (Lipinski definition) is 3. The summed E-state index contributed by atoms with van der Waals surface area (Å²) < 4.78 is 0. The number of aromatic carboxylic acids is 1. The molecule has 21 heavy (non-hydrogen) atoms. The number of para-hydroxylation sites is 1. The highest BCUT2D eigenvalue weighted by molar-refractivity contribution is 6.34. The number of benzene rings is 1. The summed E-state index contributed by atoms with van der Waals surface area (Å²) in [6, 6.07) is 5.76. The summed E-state index contributed by atoms with van der Waals surface area (Å²) in [6.45, 7) is 2.95. The lowest BCUT2D eigenvalue weighted by atomic mass is 9.84. The second-order valence-corrected chi connectivity index (χ2v) is 6.53. The van der Waals surface area contributed by atoms with Gasteiger partial charge in [-0.25, -0.2) is 4.79 Å². The summed E-state index contributed by atoms with van der Waals surface area (Å²) in [6.07, 6.45) is 3.52. The van der Waals surface area contributed by atoms with Crippen molar-refractivity contribution in [2.75, 3.05) is 31.6 Å². The molecule has 4 nitrogen and oxygen atoms in total. The van der Waals surface area contributed by atoms with E-state index in [1.165, 1.54) is 19.4 Å². The monoisotopic (exact) mass is 308 g/mol. The van der Waals surface area contributed by atoms with Crippen LogP contribution in [0, 0.1) is 5.92 Å². The quantitative estimate of drug-likeness (QED) is 0.912. The lowest BCUT2D eigenvalue weighted by molar-refractivity contribution is 0.0696. The van der Waals surface area contributed by atoms with Crippen LogP contribution in [0.25, 0.3) is 0 Å². The zero-order chi connectivity index (χ0) is 15.0. The van der Waals surface area contributed by atoms with Crippen LogP contribution >= 0.6 is 11.6 Å². The summed E-state index contributed by atoms with van der Waals surface area (Å²) >= 11 is 6.30. The smallest absolute Gasteiger partial charge is 0.337 e. The summed E-state index contributed by atoms with van der Waals surface area (Å²) in [4.78, 5) is 16.1. The van der Waals surface area contributed by atoms with Crippen LogP contribution in [-0.2, 0) is 0 Å². The molecule has 2 aliphatic rings. The Morgan fingerprint density at radius 2 is 2.14 bits per heavy atom. The lowest BCUT2D eigenvalue weighted by Gasteiger charge is -2.47. The van der Waals surface area contributed by atoms with Crippen molar-refractivity contribution in [2.45, 2.75) is 25.3 Å². The van der Waals surface area contributed by atoms with Gasteiger partial charge < -0.3 is 14.9 Å². The van der Waals surface area contributed by atoms with E-state index >= 15 is 0 Å². The molecule has 1 N–H and O–H groups in total. The minimum absolute atomic E-state index is 0.310. The summed E-state index contributed by atoms with van der Waals surface area (Å²) in [5.74, 6) is -0.300. The van der Waals surface area contributed by atoms with Gasteiger partial charge in [-0.1, -0.05) is 17.7 Å². The lowest BCUT2D eigenvalue weighted by Crippen LogP contribution is -2.53.